The lowest BCUT2D eigenvalue weighted by Gasteiger charge is -2.06. The van der Waals surface area contributed by atoms with Crippen molar-refractivity contribution < 1.29 is 9.59 Å². The molecule has 0 saturated carbocycles. The van der Waals surface area contributed by atoms with Crippen LogP contribution in [0, 0.1) is 0 Å². The Kier molecular flexibility index (Phi) is 5.66. The van der Waals surface area contributed by atoms with E-state index in [1.54, 1.807) is 11.8 Å². The van der Waals surface area contributed by atoms with Crippen LogP contribution in [-0.4, -0.2) is 22.5 Å². The molecule has 1 aliphatic heterocycles. The van der Waals surface area contributed by atoms with Gasteiger partial charge in [0, 0.05) is 24.1 Å². The number of fused-ring (bicyclic) bond motifs is 1. The number of anilines is 1. The molecule has 0 radical (unpaired) electrons. The predicted octanol–water partition coefficient (Wildman–Crippen LogP) is 4.26. The Bertz CT molecular complexity index is 788. The van der Waals surface area contributed by atoms with Crippen LogP contribution in [0.25, 0.3) is 0 Å². The number of aliphatic imine (C=N–C) groups is 1. The third-order valence-electron chi connectivity index (χ3n) is 4.03. The maximum atomic E-state index is 11.6. The first-order valence-electron chi connectivity index (χ1n) is 8.38. The Morgan fingerprint density at radius 3 is 2.80 bits per heavy atom. The molecule has 1 unspecified atom stereocenters. The Morgan fingerprint density at radius 1 is 1.28 bits per heavy atom. The molecule has 1 aromatic rings. The Balaban J connectivity index is 1.69. The molecule has 1 atom stereocenters. The van der Waals surface area contributed by atoms with E-state index < -0.39 is 0 Å². The molecular weight excluding hydrogens is 332 g/mol. The predicted molar refractivity (Wildman–Crippen MR) is 104 cm³/mol. The van der Waals surface area contributed by atoms with Crippen molar-refractivity contribution in [2.24, 2.45) is 4.99 Å². The molecule has 0 saturated heterocycles. The van der Waals surface area contributed by atoms with Gasteiger partial charge in [0.15, 0.2) is 0 Å². The number of hydrogen-bond donors (Lipinski definition) is 1. The number of nitrogens with one attached hydrogen (secondary N) is 1. The summed E-state index contributed by atoms with van der Waals surface area (Å²) in [5.41, 5.74) is 4.16. The lowest BCUT2D eigenvalue weighted by molar-refractivity contribution is -0.118. The van der Waals surface area contributed by atoms with Gasteiger partial charge in [-0.3, -0.25) is 4.79 Å². The first-order valence-corrected chi connectivity index (χ1v) is 9.26. The fraction of sp³-hybridized carbons (Fsp3) is 0.250. The van der Waals surface area contributed by atoms with Crippen LogP contribution in [0.5, 0.6) is 0 Å². The second kappa shape index (κ2) is 8.12. The minimum Gasteiger partial charge on any atom is -0.326 e. The fourth-order valence-electron chi connectivity index (χ4n) is 2.59. The zero-order valence-electron chi connectivity index (χ0n) is 14.1. The molecule has 0 bridgehead atoms. The second-order valence-electron chi connectivity index (χ2n) is 5.83. The van der Waals surface area contributed by atoms with Crippen molar-refractivity contribution in [3.63, 3.8) is 0 Å². The van der Waals surface area contributed by atoms with Crippen LogP contribution < -0.4 is 5.32 Å². The van der Waals surface area contributed by atoms with Crippen LogP contribution in [0.4, 0.5) is 5.69 Å². The van der Waals surface area contributed by atoms with Gasteiger partial charge in [0.2, 0.25) is 5.91 Å². The molecule has 1 amide bonds. The normalized spacial score (nSPS) is 18.6. The maximum Gasteiger partial charge on any atom is 0.224 e. The van der Waals surface area contributed by atoms with Gasteiger partial charge in [-0.15, -0.1) is 0 Å². The minimum absolute atomic E-state index is 0.150. The monoisotopic (exact) mass is 352 g/mol. The summed E-state index contributed by atoms with van der Waals surface area (Å²) in [6, 6.07) is 7.66. The van der Waals surface area contributed by atoms with E-state index in [-0.39, 0.29) is 24.0 Å². The quantitative estimate of drug-likeness (QED) is 0.779. The molecule has 128 valence electrons. The van der Waals surface area contributed by atoms with Gasteiger partial charge in [0.25, 0.3) is 0 Å². The summed E-state index contributed by atoms with van der Waals surface area (Å²) < 4.78 is 0. The van der Waals surface area contributed by atoms with Crippen molar-refractivity contribution in [1.29, 1.82) is 0 Å². The summed E-state index contributed by atoms with van der Waals surface area (Å²) in [5.74, 6) is -0.150. The zero-order valence-corrected chi connectivity index (χ0v) is 14.9. The molecular formula is C20H20N2O2S. The van der Waals surface area contributed by atoms with Gasteiger partial charge in [0.05, 0.1) is 10.9 Å². The number of aldehydes is 1. The van der Waals surface area contributed by atoms with Crippen molar-refractivity contribution in [2.45, 2.75) is 31.4 Å². The summed E-state index contributed by atoms with van der Waals surface area (Å²) in [7, 11) is 0. The van der Waals surface area contributed by atoms with E-state index >= 15 is 0 Å². The van der Waals surface area contributed by atoms with Crippen molar-refractivity contribution in [1.82, 2.24) is 0 Å². The number of carbonyl (C=O) groups excluding carboxylic acids is 2. The number of carbonyl (C=O) groups is 2. The number of thioether (sulfide) groups is 1. The van der Waals surface area contributed by atoms with E-state index in [0.717, 1.165) is 34.7 Å². The lowest BCUT2D eigenvalue weighted by Crippen LogP contribution is -2.11. The number of rotatable bonds is 6. The minimum atomic E-state index is -0.150. The van der Waals surface area contributed by atoms with E-state index in [0.29, 0.717) is 0 Å². The van der Waals surface area contributed by atoms with E-state index in [9.17, 15) is 9.59 Å². The molecule has 0 aromatic heterocycles. The smallest absolute Gasteiger partial charge is 0.224 e. The second-order valence-corrected chi connectivity index (χ2v) is 6.96. The van der Waals surface area contributed by atoms with Crippen molar-refractivity contribution in [3.8, 4) is 0 Å². The number of allylic oxidation sites excluding steroid dienone is 4. The third kappa shape index (κ3) is 4.37. The van der Waals surface area contributed by atoms with E-state index in [2.05, 4.69) is 36.5 Å². The largest absolute Gasteiger partial charge is 0.326 e. The van der Waals surface area contributed by atoms with Gasteiger partial charge in [0.1, 0.15) is 11.3 Å². The molecule has 25 heavy (non-hydrogen) atoms. The molecule has 1 N–H and O–H groups in total. The highest BCUT2D eigenvalue weighted by Gasteiger charge is 2.24. The maximum absolute atomic E-state index is 11.6. The molecule has 0 fully saturated rings. The van der Waals surface area contributed by atoms with Crippen LogP contribution in [-0.2, 0) is 9.59 Å². The molecule has 0 spiro atoms. The van der Waals surface area contributed by atoms with Crippen LogP contribution in [0.15, 0.2) is 64.8 Å². The molecule has 4 nitrogen and oxygen atoms in total. The number of hydrogen-bond acceptors (Lipinski definition) is 4. The van der Waals surface area contributed by atoms with Gasteiger partial charge in [-0.05, 0) is 30.2 Å². The third-order valence-corrected chi connectivity index (χ3v) is 5.23. The standard InChI is InChI=1S/C20H20N2O2S/c1-2-14-5-11-17-18(12-6-14)25-20(22-17)15-7-9-16(10-8-15)21-19(24)4-3-13-23/h5-13,18H,2-4H2,1H3,(H,21,24). The van der Waals surface area contributed by atoms with Crippen molar-refractivity contribution >= 4 is 34.7 Å². The molecule has 1 heterocycles. The van der Waals surface area contributed by atoms with Gasteiger partial charge >= 0.3 is 0 Å². The van der Waals surface area contributed by atoms with Crippen LogP contribution in [0.3, 0.4) is 0 Å². The van der Waals surface area contributed by atoms with Crippen molar-refractivity contribution in [3.05, 3.63) is 65.4 Å². The number of benzene rings is 1. The van der Waals surface area contributed by atoms with Gasteiger partial charge in [-0.25, -0.2) is 4.99 Å². The Hall–Kier alpha value is -2.40. The van der Waals surface area contributed by atoms with E-state index in [4.69, 9.17) is 4.99 Å². The average Bonchev–Trinajstić information content (AvgIpc) is 2.94. The summed E-state index contributed by atoms with van der Waals surface area (Å²) in [6.07, 6.45) is 10.9. The molecule has 5 heteroatoms. The summed E-state index contributed by atoms with van der Waals surface area (Å²) in [4.78, 5) is 26.7. The van der Waals surface area contributed by atoms with Crippen LogP contribution in [0.2, 0.25) is 0 Å². The SMILES string of the molecule is CCC1=CC=C2N=C(c3ccc(NC(=O)CCC=O)cc3)SC2C=C1. The van der Waals surface area contributed by atoms with Gasteiger partial charge in [-0.2, -0.15) is 0 Å². The summed E-state index contributed by atoms with van der Waals surface area (Å²) in [6.45, 7) is 2.15. The first kappa shape index (κ1) is 17.4. The van der Waals surface area contributed by atoms with Crippen LogP contribution in [0.1, 0.15) is 31.7 Å². The summed E-state index contributed by atoms with van der Waals surface area (Å²) in [5, 5.41) is 4.04. The highest BCUT2D eigenvalue weighted by Crippen LogP contribution is 2.35. The van der Waals surface area contributed by atoms with E-state index in [1.165, 1.54) is 5.57 Å². The molecule has 2 aliphatic rings. The Morgan fingerprint density at radius 2 is 2.08 bits per heavy atom. The lowest BCUT2D eigenvalue weighted by atomic mass is 10.2. The molecule has 1 aliphatic carbocycles. The van der Waals surface area contributed by atoms with Gasteiger partial charge < -0.3 is 10.1 Å². The van der Waals surface area contributed by atoms with Gasteiger partial charge in [-0.1, -0.05) is 49.0 Å². The van der Waals surface area contributed by atoms with Crippen LogP contribution >= 0.6 is 11.8 Å². The average molecular weight is 352 g/mol. The molecule has 1 aromatic carbocycles. The number of nitrogens with zero attached hydrogens (tertiary/aromatic N) is 1. The highest BCUT2D eigenvalue weighted by atomic mass is 32.2. The van der Waals surface area contributed by atoms with Crippen molar-refractivity contribution in [2.75, 3.05) is 5.32 Å². The topological polar surface area (TPSA) is 58.5 Å². The molecule has 3 rings (SSSR count). The number of amides is 1. The summed E-state index contributed by atoms with van der Waals surface area (Å²) >= 11 is 1.74. The fourth-order valence-corrected chi connectivity index (χ4v) is 3.67. The van der Waals surface area contributed by atoms with E-state index in [1.807, 2.05) is 24.3 Å². The Labute approximate surface area is 151 Å². The first-order chi connectivity index (χ1) is 12.2. The zero-order chi connectivity index (χ0) is 17.6. The highest BCUT2D eigenvalue weighted by molar-refractivity contribution is 8.15.